The lowest BCUT2D eigenvalue weighted by atomic mass is 10.2. The predicted octanol–water partition coefficient (Wildman–Crippen LogP) is 5.42. The van der Waals surface area contributed by atoms with Gasteiger partial charge in [0.25, 0.3) is 0 Å². The fourth-order valence-electron chi connectivity index (χ4n) is 2.37. The molecule has 142 valence electrons. The Balaban J connectivity index is 2.11. The first-order valence-corrected chi connectivity index (χ1v) is 12.1. The summed E-state index contributed by atoms with van der Waals surface area (Å²) >= 11 is 8.31. The number of aromatic hydroxyl groups is 1. The van der Waals surface area contributed by atoms with Gasteiger partial charge in [-0.25, -0.2) is 8.42 Å². The molecular weight excluding hydrogens is 502 g/mol. The van der Waals surface area contributed by atoms with E-state index >= 15 is 0 Å². The highest BCUT2D eigenvalue weighted by Crippen LogP contribution is 2.28. The van der Waals surface area contributed by atoms with Crippen LogP contribution >= 0.6 is 43.6 Å². The van der Waals surface area contributed by atoms with Crippen LogP contribution in [0.25, 0.3) is 0 Å². The fraction of sp³-hybridized carbons (Fsp3) is 0.333. The van der Waals surface area contributed by atoms with Crippen LogP contribution in [0.4, 0.5) is 0 Å². The molecule has 4 nitrogen and oxygen atoms in total. The van der Waals surface area contributed by atoms with Crippen LogP contribution in [0.2, 0.25) is 0 Å². The van der Waals surface area contributed by atoms with E-state index in [1.54, 1.807) is 36.0 Å². The first-order valence-electron chi connectivity index (χ1n) is 8.13. The molecule has 0 atom stereocenters. The maximum absolute atomic E-state index is 13.0. The molecule has 0 aliphatic heterocycles. The highest BCUT2D eigenvalue weighted by Gasteiger charge is 2.24. The molecule has 26 heavy (non-hydrogen) atoms. The van der Waals surface area contributed by atoms with Gasteiger partial charge in [-0.2, -0.15) is 4.31 Å². The van der Waals surface area contributed by atoms with Gasteiger partial charge in [0.05, 0.1) is 4.90 Å². The van der Waals surface area contributed by atoms with Crippen molar-refractivity contribution < 1.29 is 13.5 Å². The zero-order chi connectivity index (χ0) is 19.3. The van der Waals surface area contributed by atoms with Gasteiger partial charge in [-0.05, 0) is 87.2 Å². The van der Waals surface area contributed by atoms with Gasteiger partial charge in [-0.3, -0.25) is 0 Å². The number of nitrogens with zero attached hydrogens (tertiary/aromatic N) is 1. The molecule has 0 saturated heterocycles. The lowest BCUT2D eigenvalue weighted by molar-refractivity contribution is 0.429. The van der Waals surface area contributed by atoms with E-state index in [-0.39, 0.29) is 10.6 Å². The molecule has 2 rings (SSSR count). The minimum absolute atomic E-state index is 0.269. The average molecular weight is 523 g/mol. The zero-order valence-electron chi connectivity index (χ0n) is 14.6. The topological polar surface area (TPSA) is 57.6 Å². The Morgan fingerprint density at radius 2 is 1.81 bits per heavy atom. The lowest BCUT2D eigenvalue weighted by Crippen LogP contribution is -2.33. The maximum Gasteiger partial charge on any atom is 0.243 e. The summed E-state index contributed by atoms with van der Waals surface area (Å²) in [5.41, 5.74) is 0.813. The smallest absolute Gasteiger partial charge is 0.243 e. The summed E-state index contributed by atoms with van der Waals surface area (Å²) in [6.07, 6.45) is 0.750. The van der Waals surface area contributed by atoms with E-state index in [0.29, 0.717) is 23.3 Å². The zero-order valence-corrected chi connectivity index (χ0v) is 19.4. The van der Waals surface area contributed by atoms with E-state index in [9.17, 15) is 13.5 Å². The van der Waals surface area contributed by atoms with E-state index < -0.39 is 10.0 Å². The van der Waals surface area contributed by atoms with Crippen molar-refractivity contribution in [1.29, 1.82) is 0 Å². The van der Waals surface area contributed by atoms with Crippen LogP contribution in [0.5, 0.6) is 5.75 Å². The molecule has 0 aliphatic rings. The van der Waals surface area contributed by atoms with Gasteiger partial charge in [-0.1, -0.05) is 6.92 Å². The van der Waals surface area contributed by atoms with E-state index in [4.69, 9.17) is 0 Å². The highest BCUT2D eigenvalue weighted by molar-refractivity contribution is 9.13. The maximum atomic E-state index is 13.0. The van der Waals surface area contributed by atoms with Crippen molar-refractivity contribution >= 4 is 53.6 Å². The predicted molar refractivity (Wildman–Crippen MR) is 114 cm³/mol. The van der Waals surface area contributed by atoms with Gasteiger partial charge in [0.2, 0.25) is 10.0 Å². The van der Waals surface area contributed by atoms with Crippen LogP contribution in [0.15, 0.2) is 55.1 Å². The van der Waals surface area contributed by atoms with Crippen molar-refractivity contribution in [3.05, 3.63) is 50.9 Å². The van der Waals surface area contributed by atoms with E-state index in [1.165, 1.54) is 4.31 Å². The van der Waals surface area contributed by atoms with Gasteiger partial charge in [0.1, 0.15) is 5.75 Å². The molecule has 2 aromatic rings. The summed E-state index contributed by atoms with van der Waals surface area (Å²) in [7, 11) is -3.54. The van der Waals surface area contributed by atoms with Crippen LogP contribution < -0.4 is 0 Å². The summed E-state index contributed by atoms with van der Waals surface area (Å²) in [6.45, 7) is 4.72. The molecule has 0 amide bonds. The molecule has 2 aromatic carbocycles. The quantitative estimate of drug-likeness (QED) is 0.470. The molecule has 0 heterocycles. The highest BCUT2D eigenvalue weighted by atomic mass is 79.9. The number of rotatable bonds is 8. The second kappa shape index (κ2) is 9.59. The molecule has 1 N–H and O–H groups in total. The number of halogens is 2. The van der Waals surface area contributed by atoms with Crippen molar-refractivity contribution in [2.75, 3.05) is 18.8 Å². The number of hydrogen-bond acceptors (Lipinski definition) is 4. The van der Waals surface area contributed by atoms with Crippen molar-refractivity contribution in [2.45, 2.75) is 30.1 Å². The Kier molecular flexibility index (Phi) is 8.03. The van der Waals surface area contributed by atoms with Gasteiger partial charge in [0.15, 0.2) is 0 Å². The van der Waals surface area contributed by atoms with Crippen LogP contribution in [-0.2, 0) is 10.0 Å². The number of phenols is 1. The van der Waals surface area contributed by atoms with E-state index in [2.05, 4.69) is 31.9 Å². The first kappa shape index (κ1) is 21.8. The molecule has 0 fully saturated rings. The Morgan fingerprint density at radius 1 is 1.08 bits per heavy atom. The fourth-order valence-corrected chi connectivity index (χ4v) is 5.79. The third-order valence-corrected chi connectivity index (χ3v) is 8.53. The second-order valence-corrected chi connectivity index (χ2v) is 10.6. The molecule has 0 bridgehead atoms. The van der Waals surface area contributed by atoms with E-state index in [1.807, 2.05) is 26.0 Å². The number of aryl methyl sites for hydroxylation is 1. The molecule has 0 aliphatic carbocycles. The van der Waals surface area contributed by atoms with Crippen molar-refractivity contribution in [1.82, 2.24) is 4.31 Å². The van der Waals surface area contributed by atoms with Crippen molar-refractivity contribution in [3.8, 4) is 5.75 Å². The summed E-state index contributed by atoms with van der Waals surface area (Å²) in [5.74, 6) is 0.909. The van der Waals surface area contributed by atoms with Crippen LogP contribution in [-0.4, -0.2) is 36.7 Å². The third kappa shape index (κ3) is 5.48. The second-order valence-electron chi connectivity index (χ2n) is 5.78. The normalized spacial score (nSPS) is 11.9. The minimum Gasteiger partial charge on any atom is -0.508 e. The molecule has 0 saturated carbocycles. The molecule has 0 unspecified atom stereocenters. The third-order valence-electron chi connectivity index (χ3n) is 3.78. The molecule has 0 spiro atoms. The Hall–Kier alpha value is -0.540. The Morgan fingerprint density at radius 3 is 2.42 bits per heavy atom. The first-order chi connectivity index (χ1) is 12.3. The lowest BCUT2D eigenvalue weighted by Gasteiger charge is -2.22. The number of phenolic OH excluding ortho intramolecular Hbond substituents is 1. The van der Waals surface area contributed by atoms with Crippen LogP contribution in [0, 0.1) is 6.92 Å². The number of thioether (sulfide) groups is 1. The van der Waals surface area contributed by atoms with Gasteiger partial charge in [0, 0.05) is 32.7 Å². The van der Waals surface area contributed by atoms with Gasteiger partial charge >= 0.3 is 0 Å². The molecule has 8 heteroatoms. The summed E-state index contributed by atoms with van der Waals surface area (Å²) < 4.78 is 29.0. The largest absolute Gasteiger partial charge is 0.508 e. The number of sulfonamides is 1. The minimum atomic E-state index is -3.54. The van der Waals surface area contributed by atoms with E-state index in [0.717, 1.165) is 21.4 Å². The summed E-state index contributed by atoms with van der Waals surface area (Å²) in [6, 6.07) is 10.4. The van der Waals surface area contributed by atoms with Gasteiger partial charge < -0.3 is 5.11 Å². The van der Waals surface area contributed by atoms with Crippen LogP contribution in [0.1, 0.15) is 18.9 Å². The molecule has 0 aromatic heterocycles. The van der Waals surface area contributed by atoms with Crippen molar-refractivity contribution in [3.63, 3.8) is 0 Å². The Labute approximate surface area is 176 Å². The van der Waals surface area contributed by atoms with Crippen LogP contribution in [0.3, 0.4) is 0 Å². The average Bonchev–Trinajstić information content (AvgIpc) is 2.59. The van der Waals surface area contributed by atoms with Gasteiger partial charge in [-0.15, -0.1) is 11.8 Å². The SMILES string of the molecule is CCCN(CCSc1ccc(O)c(C)c1)S(=O)(=O)c1ccc(Br)c(Br)c1. The monoisotopic (exact) mass is 521 g/mol. The molecule has 0 radical (unpaired) electrons. The number of hydrogen-bond donors (Lipinski definition) is 1. The summed E-state index contributed by atoms with van der Waals surface area (Å²) in [4.78, 5) is 1.30. The standard InChI is InChI=1S/C18H21Br2NO3S2/c1-3-8-21(9-10-25-14-4-7-18(22)13(2)11-14)26(23,24)15-5-6-16(19)17(20)12-15/h4-7,11-12,22H,3,8-10H2,1-2H3. The Bertz CT molecular complexity index is 873. The van der Waals surface area contributed by atoms with Crippen molar-refractivity contribution in [2.24, 2.45) is 0 Å². The summed E-state index contributed by atoms with van der Waals surface area (Å²) in [5, 5.41) is 9.60. The number of benzene rings is 2. The molecular formula is C18H21Br2NO3S2.